The highest BCUT2D eigenvalue weighted by atomic mass is 16.5. The highest BCUT2D eigenvalue weighted by Gasteiger charge is 2.18. The van der Waals surface area contributed by atoms with Crippen LogP contribution < -0.4 is 14.2 Å². The molecule has 106 valence electrons. The molecule has 0 unspecified atom stereocenters. The van der Waals surface area contributed by atoms with Crippen molar-refractivity contribution < 1.29 is 19.0 Å². The van der Waals surface area contributed by atoms with Gasteiger partial charge >= 0.3 is 0 Å². The molecule has 0 aromatic heterocycles. The summed E-state index contributed by atoms with van der Waals surface area (Å²) in [6, 6.07) is 3.44. The predicted molar refractivity (Wildman–Crippen MR) is 74.5 cm³/mol. The molecule has 0 amide bonds. The lowest BCUT2D eigenvalue weighted by molar-refractivity contribution is 0.101. The molecule has 4 nitrogen and oxygen atoms in total. The molecule has 0 radical (unpaired) electrons. The summed E-state index contributed by atoms with van der Waals surface area (Å²) in [5.74, 6) is 1.51. The average molecular weight is 266 g/mol. The van der Waals surface area contributed by atoms with Crippen LogP contribution in [-0.2, 0) is 0 Å². The van der Waals surface area contributed by atoms with Crippen LogP contribution in [0.4, 0.5) is 0 Å². The smallest absolute Gasteiger partial charge is 0.171 e. The number of carbonyl (C=O) groups is 1. The van der Waals surface area contributed by atoms with Gasteiger partial charge in [-0.15, -0.1) is 0 Å². The number of methoxy groups -OCH3 is 1. The molecule has 0 bridgehead atoms. The number of hydrogen-bond donors (Lipinski definition) is 0. The number of benzene rings is 1. The van der Waals surface area contributed by atoms with E-state index in [9.17, 15) is 4.79 Å². The normalized spacial score (nSPS) is 10.7. The molecule has 0 atom stereocenters. The van der Waals surface area contributed by atoms with Crippen molar-refractivity contribution in [2.75, 3.05) is 7.11 Å². The number of carbonyl (C=O) groups excluding carboxylic acids is 1. The van der Waals surface area contributed by atoms with E-state index in [0.29, 0.717) is 22.8 Å². The molecular weight excluding hydrogens is 244 g/mol. The molecule has 0 heterocycles. The van der Waals surface area contributed by atoms with E-state index in [0.717, 1.165) is 0 Å². The van der Waals surface area contributed by atoms with Crippen LogP contribution in [0.1, 0.15) is 45.0 Å². The topological polar surface area (TPSA) is 44.8 Å². The molecule has 0 aliphatic carbocycles. The standard InChI is InChI=1S/C15H22O4/c1-9(2)18-12-7-13(11(5)16)15(17-6)14(8-12)19-10(3)4/h7-10H,1-6H3. The minimum Gasteiger partial charge on any atom is -0.492 e. The van der Waals surface area contributed by atoms with E-state index in [1.807, 2.05) is 27.7 Å². The van der Waals surface area contributed by atoms with Crippen LogP contribution in [-0.4, -0.2) is 25.1 Å². The van der Waals surface area contributed by atoms with E-state index in [2.05, 4.69) is 0 Å². The van der Waals surface area contributed by atoms with Gasteiger partial charge in [-0.1, -0.05) is 0 Å². The van der Waals surface area contributed by atoms with Crippen LogP contribution in [0.15, 0.2) is 12.1 Å². The fourth-order valence-corrected chi connectivity index (χ4v) is 1.73. The second-order valence-electron chi connectivity index (χ2n) is 4.89. The zero-order valence-electron chi connectivity index (χ0n) is 12.4. The number of Topliss-reactive ketones (excluding diaryl/α,β-unsaturated/α-hetero) is 1. The van der Waals surface area contributed by atoms with Crippen LogP contribution in [0.25, 0.3) is 0 Å². The Balaban J connectivity index is 3.31. The summed E-state index contributed by atoms with van der Waals surface area (Å²) >= 11 is 0. The summed E-state index contributed by atoms with van der Waals surface area (Å²) in [6.07, 6.45) is 0.0168. The van der Waals surface area contributed by atoms with Crippen molar-refractivity contribution in [1.82, 2.24) is 0 Å². The molecule has 0 aliphatic rings. The summed E-state index contributed by atoms with van der Waals surface area (Å²) in [4.78, 5) is 11.7. The number of ether oxygens (including phenoxy) is 3. The largest absolute Gasteiger partial charge is 0.492 e. The van der Waals surface area contributed by atoms with E-state index in [1.165, 1.54) is 14.0 Å². The fraction of sp³-hybridized carbons (Fsp3) is 0.533. The van der Waals surface area contributed by atoms with Gasteiger partial charge < -0.3 is 14.2 Å². The minimum absolute atomic E-state index is 0.0111. The summed E-state index contributed by atoms with van der Waals surface area (Å²) in [5, 5.41) is 0. The molecule has 1 aromatic carbocycles. The van der Waals surface area contributed by atoms with Crippen molar-refractivity contribution in [3.8, 4) is 17.2 Å². The Morgan fingerprint density at radius 3 is 2.05 bits per heavy atom. The molecule has 0 N–H and O–H groups in total. The summed E-state index contributed by atoms with van der Waals surface area (Å²) in [5.41, 5.74) is 0.469. The van der Waals surface area contributed by atoms with Crippen molar-refractivity contribution >= 4 is 5.78 Å². The molecule has 0 fully saturated rings. The van der Waals surface area contributed by atoms with Gasteiger partial charge in [0.2, 0.25) is 0 Å². The summed E-state index contributed by atoms with van der Waals surface area (Å²) in [7, 11) is 1.53. The molecule has 0 saturated carbocycles. The first-order valence-electron chi connectivity index (χ1n) is 6.41. The average Bonchev–Trinajstić information content (AvgIpc) is 2.26. The van der Waals surface area contributed by atoms with Crippen LogP contribution in [0.3, 0.4) is 0 Å². The minimum atomic E-state index is -0.0836. The SMILES string of the molecule is COc1c(OC(C)C)cc(OC(C)C)cc1C(C)=O. The Morgan fingerprint density at radius 2 is 1.63 bits per heavy atom. The van der Waals surface area contributed by atoms with Gasteiger partial charge in [0.25, 0.3) is 0 Å². The lowest BCUT2D eigenvalue weighted by atomic mass is 10.1. The zero-order chi connectivity index (χ0) is 14.6. The lowest BCUT2D eigenvalue weighted by Crippen LogP contribution is -2.11. The second kappa shape index (κ2) is 6.45. The van der Waals surface area contributed by atoms with Crippen molar-refractivity contribution in [3.63, 3.8) is 0 Å². The monoisotopic (exact) mass is 266 g/mol. The van der Waals surface area contributed by atoms with Crippen molar-refractivity contribution in [3.05, 3.63) is 17.7 Å². The Hall–Kier alpha value is -1.71. The van der Waals surface area contributed by atoms with Gasteiger partial charge in [-0.05, 0) is 40.7 Å². The van der Waals surface area contributed by atoms with Crippen molar-refractivity contribution in [2.45, 2.75) is 46.8 Å². The van der Waals surface area contributed by atoms with Gasteiger partial charge in [0.05, 0.1) is 24.9 Å². The second-order valence-corrected chi connectivity index (χ2v) is 4.89. The number of ketones is 1. The van der Waals surface area contributed by atoms with E-state index >= 15 is 0 Å². The maximum absolute atomic E-state index is 11.7. The Labute approximate surface area is 114 Å². The molecule has 0 saturated heterocycles. The third-order valence-corrected chi connectivity index (χ3v) is 2.35. The molecular formula is C15H22O4. The maximum atomic E-state index is 11.7. The molecule has 1 aromatic rings. The molecule has 19 heavy (non-hydrogen) atoms. The summed E-state index contributed by atoms with van der Waals surface area (Å²) < 4.78 is 16.6. The Morgan fingerprint density at radius 1 is 1.05 bits per heavy atom. The van der Waals surface area contributed by atoms with Crippen molar-refractivity contribution in [1.29, 1.82) is 0 Å². The fourth-order valence-electron chi connectivity index (χ4n) is 1.73. The molecule has 4 heteroatoms. The van der Waals surface area contributed by atoms with Gasteiger partial charge in [-0.2, -0.15) is 0 Å². The molecule has 0 aliphatic heterocycles. The van der Waals surface area contributed by atoms with E-state index in [-0.39, 0.29) is 18.0 Å². The summed E-state index contributed by atoms with van der Waals surface area (Å²) in [6.45, 7) is 9.20. The zero-order valence-corrected chi connectivity index (χ0v) is 12.4. The quantitative estimate of drug-likeness (QED) is 0.739. The molecule has 0 spiro atoms. The molecule has 1 rings (SSSR count). The first kappa shape index (κ1) is 15.3. The van der Waals surface area contributed by atoms with Gasteiger partial charge in [0.1, 0.15) is 5.75 Å². The van der Waals surface area contributed by atoms with E-state index in [4.69, 9.17) is 14.2 Å². The van der Waals surface area contributed by atoms with E-state index in [1.54, 1.807) is 12.1 Å². The van der Waals surface area contributed by atoms with Gasteiger partial charge in [0.15, 0.2) is 17.3 Å². The predicted octanol–water partition coefficient (Wildman–Crippen LogP) is 3.47. The third-order valence-electron chi connectivity index (χ3n) is 2.35. The lowest BCUT2D eigenvalue weighted by Gasteiger charge is -2.18. The van der Waals surface area contributed by atoms with Gasteiger partial charge in [-0.25, -0.2) is 0 Å². The Kier molecular flexibility index (Phi) is 5.21. The first-order chi connectivity index (χ1) is 8.85. The third kappa shape index (κ3) is 4.16. The van der Waals surface area contributed by atoms with Gasteiger partial charge in [0, 0.05) is 6.07 Å². The van der Waals surface area contributed by atoms with Crippen LogP contribution in [0.5, 0.6) is 17.2 Å². The van der Waals surface area contributed by atoms with Crippen LogP contribution in [0.2, 0.25) is 0 Å². The van der Waals surface area contributed by atoms with Crippen LogP contribution in [0, 0.1) is 0 Å². The van der Waals surface area contributed by atoms with E-state index < -0.39 is 0 Å². The highest BCUT2D eigenvalue weighted by molar-refractivity contribution is 5.98. The van der Waals surface area contributed by atoms with Crippen molar-refractivity contribution in [2.24, 2.45) is 0 Å². The number of rotatable bonds is 6. The first-order valence-corrected chi connectivity index (χ1v) is 6.41. The van der Waals surface area contributed by atoms with Crippen LogP contribution >= 0.6 is 0 Å². The number of hydrogen-bond acceptors (Lipinski definition) is 4. The highest BCUT2D eigenvalue weighted by Crippen LogP contribution is 2.37. The maximum Gasteiger partial charge on any atom is 0.171 e. The Bertz CT molecular complexity index is 450. The van der Waals surface area contributed by atoms with Gasteiger partial charge in [-0.3, -0.25) is 4.79 Å².